The van der Waals surface area contributed by atoms with Crippen LogP contribution in [-0.2, 0) is 18.3 Å². The Morgan fingerprint density at radius 3 is 2.23 bits per heavy atom. The minimum absolute atomic E-state index is 0.0682. The number of hydrogen-bond donors (Lipinski definition) is 2. The second kappa shape index (κ2) is 8.52. The third kappa shape index (κ3) is 6.72. The van der Waals surface area contributed by atoms with Crippen molar-refractivity contribution in [2.45, 2.75) is 52.7 Å². The van der Waals surface area contributed by atoms with Crippen LogP contribution < -0.4 is 16.2 Å². The van der Waals surface area contributed by atoms with Gasteiger partial charge in [-0.1, -0.05) is 0 Å². The first-order valence-electron chi connectivity index (χ1n) is 8.68. The molecule has 0 aliphatic heterocycles. The summed E-state index contributed by atoms with van der Waals surface area (Å²) in [5, 5.41) is 0. The largest absolute Gasteiger partial charge is 0.477 e. The third-order valence-electron chi connectivity index (χ3n) is 3.62. The molecule has 0 radical (unpaired) electrons. The first-order valence-corrected chi connectivity index (χ1v) is 10.4. The van der Waals surface area contributed by atoms with Gasteiger partial charge in [-0.05, 0) is 40.5 Å². The Morgan fingerprint density at radius 2 is 1.73 bits per heavy atom. The Balaban J connectivity index is 1.84. The zero-order chi connectivity index (χ0) is 19.4. The van der Waals surface area contributed by atoms with Crippen LogP contribution in [0.15, 0.2) is 6.07 Å². The van der Waals surface area contributed by atoms with Gasteiger partial charge in [-0.15, -0.1) is 0 Å². The van der Waals surface area contributed by atoms with Gasteiger partial charge in [0.25, 0.3) is 0 Å². The van der Waals surface area contributed by atoms with E-state index in [2.05, 4.69) is 9.97 Å². The van der Waals surface area contributed by atoms with E-state index in [0.717, 1.165) is 12.8 Å². The molecule has 4 N–H and O–H groups in total. The molecular formula is C16H29N4O5P. The molecule has 1 aromatic rings. The predicted octanol–water partition coefficient (Wildman–Crippen LogP) is 2.82. The van der Waals surface area contributed by atoms with Crippen molar-refractivity contribution >= 4 is 19.4 Å². The Morgan fingerprint density at radius 1 is 1.12 bits per heavy atom. The molecule has 0 atom stereocenters. The molecule has 1 saturated carbocycles. The van der Waals surface area contributed by atoms with E-state index in [1.807, 2.05) is 27.7 Å². The van der Waals surface area contributed by atoms with Crippen molar-refractivity contribution < 1.29 is 23.1 Å². The van der Waals surface area contributed by atoms with Crippen LogP contribution in [0.4, 0.5) is 11.8 Å². The average Bonchev–Trinajstić information content (AvgIpc) is 3.22. The number of ether oxygens (including phenoxy) is 2. The average molecular weight is 388 g/mol. The van der Waals surface area contributed by atoms with E-state index >= 15 is 0 Å². The molecule has 0 amide bonds. The monoisotopic (exact) mass is 388 g/mol. The smallest absolute Gasteiger partial charge is 0.356 e. The Hall–Kier alpha value is -1.41. The van der Waals surface area contributed by atoms with Gasteiger partial charge in [-0.3, -0.25) is 4.57 Å². The normalized spacial score (nSPS) is 16.2. The lowest BCUT2D eigenvalue weighted by Gasteiger charge is -2.24. The summed E-state index contributed by atoms with van der Waals surface area (Å²) in [5.74, 6) is 0.656. The molecule has 148 valence electrons. The second-order valence-electron chi connectivity index (χ2n) is 7.17. The van der Waals surface area contributed by atoms with Gasteiger partial charge in [0, 0.05) is 11.5 Å². The van der Waals surface area contributed by atoms with Gasteiger partial charge in [0.15, 0.2) is 0 Å². The summed E-state index contributed by atoms with van der Waals surface area (Å²) in [6, 6.07) is 1.52. The molecule has 1 aliphatic rings. The quantitative estimate of drug-likeness (QED) is 0.549. The first kappa shape index (κ1) is 20.9. The molecule has 1 heterocycles. The number of nitrogens with zero attached hydrogens (tertiary/aromatic N) is 2. The van der Waals surface area contributed by atoms with Gasteiger partial charge in [0.2, 0.25) is 11.8 Å². The highest BCUT2D eigenvalue weighted by molar-refractivity contribution is 7.53. The van der Waals surface area contributed by atoms with Crippen molar-refractivity contribution in [2.75, 3.05) is 31.0 Å². The highest BCUT2D eigenvalue weighted by Crippen LogP contribution is 2.52. The van der Waals surface area contributed by atoms with Crippen molar-refractivity contribution in [3.63, 3.8) is 0 Å². The third-order valence-corrected chi connectivity index (χ3v) is 5.61. The van der Waals surface area contributed by atoms with Gasteiger partial charge in [0.1, 0.15) is 12.2 Å². The summed E-state index contributed by atoms with van der Waals surface area (Å²) in [6.45, 7) is 8.05. The van der Waals surface area contributed by atoms with E-state index in [-0.39, 0.29) is 35.7 Å². The molecule has 9 nitrogen and oxygen atoms in total. The standard InChI is InChI=1S/C16H29N4O5P/c1-11(2)24-26(21,25-12(3)4)10-22-8-16(5-6-16)9-23-14-7-13(17)19-15(18)20-14/h7,11-12H,5-6,8-10H2,1-4H3,(H4,17,18,19,20). The van der Waals surface area contributed by atoms with Crippen LogP contribution >= 0.6 is 7.60 Å². The summed E-state index contributed by atoms with van der Waals surface area (Å²) in [7, 11) is -3.30. The fourth-order valence-electron chi connectivity index (χ4n) is 2.37. The van der Waals surface area contributed by atoms with Crippen molar-refractivity contribution in [3.05, 3.63) is 6.07 Å². The van der Waals surface area contributed by atoms with Gasteiger partial charge < -0.3 is 30.0 Å². The lowest BCUT2D eigenvalue weighted by atomic mass is 10.1. The highest BCUT2D eigenvalue weighted by atomic mass is 31.2. The van der Waals surface area contributed by atoms with Crippen LogP contribution in [0.2, 0.25) is 0 Å². The number of nitrogens with two attached hydrogens (primary N) is 2. The molecule has 10 heteroatoms. The molecule has 0 saturated heterocycles. The van der Waals surface area contributed by atoms with Crippen LogP contribution in [0.1, 0.15) is 40.5 Å². The van der Waals surface area contributed by atoms with E-state index in [9.17, 15) is 4.57 Å². The molecule has 0 unspecified atom stereocenters. The molecule has 1 aromatic heterocycles. The maximum atomic E-state index is 12.7. The van der Waals surface area contributed by atoms with Gasteiger partial charge >= 0.3 is 7.60 Å². The van der Waals surface area contributed by atoms with Crippen LogP contribution in [0, 0.1) is 5.41 Å². The van der Waals surface area contributed by atoms with Crippen molar-refractivity contribution in [1.29, 1.82) is 0 Å². The SMILES string of the molecule is CC(C)OP(=O)(COCC1(COc2cc(N)nc(N)n2)CC1)OC(C)C. The summed E-state index contributed by atoms with van der Waals surface area (Å²) < 4.78 is 35.1. The Kier molecular flexibility index (Phi) is 6.85. The highest BCUT2D eigenvalue weighted by Gasteiger charge is 2.44. The minimum Gasteiger partial charge on any atom is -0.477 e. The number of hydrogen-bond acceptors (Lipinski definition) is 9. The lowest BCUT2D eigenvalue weighted by molar-refractivity contribution is 0.0634. The fraction of sp³-hybridized carbons (Fsp3) is 0.750. The number of aromatic nitrogens is 2. The molecule has 1 fully saturated rings. The lowest BCUT2D eigenvalue weighted by Crippen LogP contribution is -2.21. The van der Waals surface area contributed by atoms with E-state index in [1.54, 1.807) is 0 Å². The first-order chi connectivity index (χ1) is 12.1. The summed E-state index contributed by atoms with van der Waals surface area (Å²) in [5.41, 5.74) is 11.1. The van der Waals surface area contributed by atoms with E-state index < -0.39 is 7.60 Å². The summed E-state index contributed by atoms with van der Waals surface area (Å²) in [6.07, 6.45) is 1.39. The summed E-state index contributed by atoms with van der Waals surface area (Å²) >= 11 is 0. The van der Waals surface area contributed by atoms with Crippen LogP contribution in [0.3, 0.4) is 0 Å². The molecule has 0 aromatic carbocycles. The Labute approximate surface area is 154 Å². The zero-order valence-corrected chi connectivity index (χ0v) is 16.7. The maximum absolute atomic E-state index is 12.7. The van der Waals surface area contributed by atoms with Crippen molar-refractivity contribution in [2.24, 2.45) is 5.41 Å². The van der Waals surface area contributed by atoms with Crippen molar-refractivity contribution in [3.8, 4) is 5.88 Å². The topological polar surface area (TPSA) is 132 Å². The predicted molar refractivity (Wildman–Crippen MR) is 98.9 cm³/mol. The maximum Gasteiger partial charge on any atom is 0.356 e. The molecular weight excluding hydrogens is 359 g/mol. The fourth-order valence-corrected chi connectivity index (χ4v) is 4.14. The molecule has 0 spiro atoms. The number of rotatable bonds is 11. The minimum atomic E-state index is -3.30. The zero-order valence-electron chi connectivity index (χ0n) is 15.8. The molecule has 2 rings (SSSR count). The summed E-state index contributed by atoms with van der Waals surface area (Å²) in [4.78, 5) is 7.79. The van der Waals surface area contributed by atoms with Crippen LogP contribution in [0.25, 0.3) is 0 Å². The van der Waals surface area contributed by atoms with Crippen LogP contribution in [0.5, 0.6) is 5.88 Å². The molecule has 26 heavy (non-hydrogen) atoms. The number of anilines is 2. The van der Waals surface area contributed by atoms with E-state index in [1.165, 1.54) is 6.07 Å². The van der Waals surface area contributed by atoms with Gasteiger partial charge in [-0.2, -0.15) is 9.97 Å². The van der Waals surface area contributed by atoms with E-state index in [0.29, 0.717) is 19.1 Å². The van der Waals surface area contributed by atoms with Gasteiger partial charge in [-0.25, -0.2) is 0 Å². The molecule has 1 aliphatic carbocycles. The molecule has 0 bridgehead atoms. The van der Waals surface area contributed by atoms with Crippen molar-refractivity contribution in [1.82, 2.24) is 9.97 Å². The second-order valence-corrected chi connectivity index (χ2v) is 9.08. The van der Waals surface area contributed by atoms with Crippen LogP contribution in [-0.4, -0.2) is 41.7 Å². The Bertz CT molecular complexity index is 617. The van der Waals surface area contributed by atoms with E-state index in [4.69, 9.17) is 30.0 Å². The van der Waals surface area contributed by atoms with Gasteiger partial charge in [0.05, 0.1) is 25.4 Å². The number of nitrogen functional groups attached to an aromatic ring is 2.